The molecule has 2 amide bonds. The normalized spacial score (nSPS) is 27.3. The summed E-state index contributed by atoms with van der Waals surface area (Å²) in [7, 11) is 1.43. The molecule has 0 bridgehead atoms. The predicted octanol–water partition coefficient (Wildman–Crippen LogP) is 1.92. The van der Waals surface area contributed by atoms with E-state index in [1.807, 2.05) is 25.1 Å². The van der Waals surface area contributed by atoms with Crippen molar-refractivity contribution in [1.29, 1.82) is 0 Å². The summed E-state index contributed by atoms with van der Waals surface area (Å²) >= 11 is 0. The first-order chi connectivity index (χ1) is 16.7. The summed E-state index contributed by atoms with van der Waals surface area (Å²) in [6, 6.07) is 14.9. The molecule has 1 aliphatic carbocycles. The van der Waals surface area contributed by atoms with Gasteiger partial charge in [0.2, 0.25) is 11.8 Å². The van der Waals surface area contributed by atoms with Crippen molar-refractivity contribution in [2.45, 2.75) is 31.8 Å². The van der Waals surface area contributed by atoms with Crippen LogP contribution in [0.4, 0.5) is 5.69 Å². The molecule has 2 aromatic carbocycles. The van der Waals surface area contributed by atoms with Crippen molar-refractivity contribution in [2.75, 3.05) is 4.90 Å². The van der Waals surface area contributed by atoms with Crippen molar-refractivity contribution >= 4 is 17.5 Å². The van der Waals surface area contributed by atoms with E-state index in [9.17, 15) is 24.3 Å². The third kappa shape index (κ3) is 2.69. The number of fused-ring (bicyclic) bond motifs is 4. The molecule has 1 saturated heterocycles. The van der Waals surface area contributed by atoms with Crippen LogP contribution in [0.2, 0.25) is 0 Å². The number of phenolic OH excluding ortho intramolecular Hbond substituents is 1. The summed E-state index contributed by atoms with van der Waals surface area (Å²) in [6.07, 6.45) is 2.11. The number of hydrogen-bond acceptors (Lipinski definition) is 5. The second kappa shape index (κ2) is 7.18. The number of nitrogens with zero attached hydrogens (tertiary/aromatic N) is 4. The molecule has 0 radical (unpaired) electrons. The maximum Gasteiger partial charge on any atom is 0.347 e. The fourth-order valence-electron chi connectivity index (χ4n) is 6.29. The Balaban J connectivity index is 1.59. The molecule has 1 aromatic heterocycles. The van der Waals surface area contributed by atoms with E-state index in [1.54, 1.807) is 42.5 Å². The second-order valence-electron chi connectivity index (χ2n) is 9.68. The van der Waals surface area contributed by atoms with Gasteiger partial charge in [-0.15, -0.1) is 0 Å². The first-order valence-corrected chi connectivity index (χ1v) is 11.6. The lowest BCUT2D eigenvalue weighted by Gasteiger charge is -2.47. The molecule has 9 heteroatoms. The van der Waals surface area contributed by atoms with Crippen molar-refractivity contribution in [3.63, 3.8) is 0 Å². The van der Waals surface area contributed by atoms with Crippen LogP contribution in [0.5, 0.6) is 5.75 Å². The van der Waals surface area contributed by atoms with Gasteiger partial charge in [0, 0.05) is 13.0 Å². The van der Waals surface area contributed by atoms with Gasteiger partial charge in [0.25, 0.3) is 0 Å². The van der Waals surface area contributed by atoms with Crippen LogP contribution < -0.4 is 16.3 Å². The molecular formula is C26H24N4O5. The van der Waals surface area contributed by atoms with Crippen molar-refractivity contribution in [1.82, 2.24) is 13.9 Å². The van der Waals surface area contributed by atoms with E-state index in [-0.39, 0.29) is 30.5 Å². The van der Waals surface area contributed by atoms with E-state index in [0.29, 0.717) is 11.3 Å². The number of phenols is 1. The monoisotopic (exact) mass is 472 g/mol. The van der Waals surface area contributed by atoms with Crippen LogP contribution in [0.25, 0.3) is 0 Å². The van der Waals surface area contributed by atoms with Crippen molar-refractivity contribution in [3.8, 4) is 5.75 Å². The van der Waals surface area contributed by atoms with Crippen LogP contribution in [-0.2, 0) is 23.2 Å². The van der Waals surface area contributed by atoms with E-state index in [4.69, 9.17) is 0 Å². The van der Waals surface area contributed by atoms with Crippen LogP contribution in [0.15, 0.2) is 75.8 Å². The van der Waals surface area contributed by atoms with Crippen molar-refractivity contribution in [3.05, 3.63) is 92.8 Å². The summed E-state index contributed by atoms with van der Waals surface area (Å²) in [5.74, 6) is -1.88. The number of benzene rings is 2. The topological polar surface area (TPSA) is 107 Å². The number of para-hydroxylation sites is 1. The fraction of sp³-hybridized carbons (Fsp3) is 0.308. The van der Waals surface area contributed by atoms with Gasteiger partial charge in [-0.3, -0.25) is 9.59 Å². The lowest BCUT2D eigenvalue weighted by Crippen LogP contribution is -2.49. The van der Waals surface area contributed by atoms with E-state index in [0.717, 1.165) is 10.1 Å². The largest absolute Gasteiger partial charge is 0.508 e. The molecule has 1 N–H and O–H groups in total. The molecular weight excluding hydrogens is 448 g/mol. The lowest BCUT2D eigenvalue weighted by atomic mass is 9.56. The van der Waals surface area contributed by atoms with Gasteiger partial charge in [0.1, 0.15) is 5.75 Å². The number of hydrogen-bond donors (Lipinski definition) is 1. The Morgan fingerprint density at radius 1 is 0.971 bits per heavy atom. The fourth-order valence-corrected chi connectivity index (χ4v) is 6.29. The third-order valence-corrected chi connectivity index (χ3v) is 7.95. The minimum Gasteiger partial charge on any atom is -0.508 e. The highest BCUT2D eigenvalue weighted by atomic mass is 16.3. The first-order valence-electron chi connectivity index (χ1n) is 11.6. The molecule has 1 saturated carbocycles. The molecule has 0 unspecified atom stereocenters. The molecule has 4 atom stereocenters. The predicted molar refractivity (Wildman–Crippen MR) is 127 cm³/mol. The Morgan fingerprint density at radius 3 is 2.43 bits per heavy atom. The van der Waals surface area contributed by atoms with E-state index >= 15 is 0 Å². The minimum atomic E-state index is -1.14. The Kier molecular flexibility index (Phi) is 4.39. The second-order valence-corrected chi connectivity index (χ2v) is 9.68. The molecule has 3 aromatic rings. The molecule has 3 aliphatic rings. The van der Waals surface area contributed by atoms with Crippen molar-refractivity contribution in [2.24, 2.45) is 18.4 Å². The molecule has 2 fully saturated rings. The van der Waals surface area contributed by atoms with Crippen molar-refractivity contribution < 1.29 is 14.7 Å². The Hall–Kier alpha value is -4.14. The van der Waals surface area contributed by atoms with Gasteiger partial charge in [-0.25, -0.2) is 28.4 Å². The summed E-state index contributed by atoms with van der Waals surface area (Å²) in [6.45, 7) is 1.99. The Labute approximate surface area is 200 Å². The average molecular weight is 473 g/mol. The highest BCUT2D eigenvalue weighted by Gasteiger charge is 2.65. The summed E-state index contributed by atoms with van der Waals surface area (Å²) < 4.78 is 3.87. The van der Waals surface area contributed by atoms with Crippen LogP contribution in [0.3, 0.4) is 0 Å². The van der Waals surface area contributed by atoms with Crippen LogP contribution >= 0.6 is 0 Å². The number of aromatic hydroxyl groups is 1. The van der Waals surface area contributed by atoms with Gasteiger partial charge in [-0.1, -0.05) is 36.4 Å². The highest BCUT2D eigenvalue weighted by molar-refractivity contribution is 6.24. The van der Waals surface area contributed by atoms with E-state index < -0.39 is 34.7 Å². The zero-order valence-corrected chi connectivity index (χ0v) is 19.3. The molecule has 2 aliphatic heterocycles. The molecule has 178 valence electrons. The van der Waals surface area contributed by atoms with Gasteiger partial charge < -0.3 is 5.11 Å². The standard InChI is InChI=1S/C26H24N4O5/c1-26-19(22(32)29(23(26)33)16-8-4-3-5-9-16)14-20-18(21(26)15-7-6-10-17(31)13-15)11-12-28-24(34)27(2)25(35)30(20)28/h3-11,13,19-21,31H,12,14H2,1-2H3/t19-,20+,21-,26+/m0/s1. The zero-order valence-electron chi connectivity index (χ0n) is 19.3. The third-order valence-electron chi connectivity index (χ3n) is 7.95. The molecule has 3 heterocycles. The number of aromatic nitrogens is 3. The smallest absolute Gasteiger partial charge is 0.347 e. The van der Waals surface area contributed by atoms with E-state index in [2.05, 4.69) is 0 Å². The number of anilines is 1. The number of carbonyl (C=O) groups excluding carboxylic acids is 2. The Bertz CT molecular complexity index is 1550. The number of imide groups is 1. The molecule has 0 spiro atoms. The number of rotatable bonds is 2. The van der Waals surface area contributed by atoms with Crippen LogP contribution in [0, 0.1) is 11.3 Å². The first kappa shape index (κ1) is 21.4. The quantitative estimate of drug-likeness (QED) is 0.453. The number of amides is 2. The summed E-state index contributed by atoms with van der Waals surface area (Å²) in [5, 5.41) is 10.3. The lowest BCUT2D eigenvalue weighted by molar-refractivity contribution is -0.129. The number of carbonyl (C=O) groups is 2. The average Bonchev–Trinajstić information content (AvgIpc) is 3.19. The van der Waals surface area contributed by atoms with Crippen LogP contribution in [0.1, 0.15) is 30.9 Å². The minimum absolute atomic E-state index is 0.0478. The summed E-state index contributed by atoms with van der Waals surface area (Å²) in [5.41, 5.74) is -0.0297. The molecule has 9 nitrogen and oxygen atoms in total. The van der Waals surface area contributed by atoms with Crippen LogP contribution in [-0.4, -0.2) is 30.9 Å². The molecule has 6 rings (SSSR count). The maximum atomic E-state index is 14.1. The zero-order chi connectivity index (χ0) is 24.6. The van der Waals surface area contributed by atoms with Gasteiger partial charge >= 0.3 is 11.4 Å². The van der Waals surface area contributed by atoms with E-state index in [1.165, 1.54) is 21.3 Å². The SMILES string of the molecule is Cn1c(=O)n2n(c1=O)[C@@H]1C[C@H]3C(=O)N(c4ccccc4)C(=O)[C@@]3(C)[C@@H](c3cccc(O)c3)C1=CC2. The van der Waals surface area contributed by atoms with Gasteiger partial charge in [-0.2, -0.15) is 0 Å². The maximum absolute atomic E-state index is 14.1. The van der Waals surface area contributed by atoms with Gasteiger partial charge in [-0.05, 0) is 48.7 Å². The number of allylic oxidation sites excluding steroid dienone is 2. The van der Waals surface area contributed by atoms with Gasteiger partial charge in [0.15, 0.2) is 0 Å². The summed E-state index contributed by atoms with van der Waals surface area (Å²) in [4.78, 5) is 54.9. The van der Waals surface area contributed by atoms with Gasteiger partial charge in [0.05, 0.1) is 29.6 Å². The highest BCUT2D eigenvalue weighted by Crippen LogP contribution is 2.61. The molecule has 35 heavy (non-hydrogen) atoms. The Morgan fingerprint density at radius 2 is 1.71 bits per heavy atom.